The molecule has 0 aliphatic rings. The third-order valence-electron chi connectivity index (χ3n) is 2.15. The van der Waals surface area contributed by atoms with Crippen molar-refractivity contribution in [3.05, 3.63) is 12.2 Å². The Morgan fingerprint density at radius 3 is 2.81 bits per heavy atom. The van der Waals surface area contributed by atoms with Crippen molar-refractivity contribution in [1.29, 1.82) is 5.26 Å². The monoisotopic (exact) mass is 243 g/mol. The summed E-state index contributed by atoms with van der Waals surface area (Å²) in [5.41, 5.74) is 0. The number of hydrogen-bond acceptors (Lipinski definition) is 5. The van der Waals surface area contributed by atoms with Crippen LogP contribution in [0, 0.1) is 11.3 Å². The molecule has 0 bridgehead atoms. The molecule has 0 fully saturated rings. The van der Waals surface area contributed by atoms with Crippen LogP contribution in [0.4, 0.5) is 0 Å². The van der Waals surface area contributed by atoms with Crippen LogP contribution in [0.25, 0.3) is 0 Å². The summed E-state index contributed by atoms with van der Waals surface area (Å²) in [5, 5.41) is 13.9. The summed E-state index contributed by atoms with van der Waals surface area (Å²) in [6.45, 7) is 1.74. The Morgan fingerprint density at radius 2 is 2.38 bits per heavy atom. The highest BCUT2D eigenvalue weighted by molar-refractivity contribution is 7.89. The molecule has 7 nitrogen and oxygen atoms in total. The fourth-order valence-corrected chi connectivity index (χ4v) is 2.48. The van der Waals surface area contributed by atoms with Crippen molar-refractivity contribution in [1.82, 2.24) is 19.5 Å². The molecule has 1 unspecified atom stereocenters. The number of hydrogen-bond donors (Lipinski definition) is 1. The lowest BCUT2D eigenvalue weighted by Crippen LogP contribution is -2.35. The van der Waals surface area contributed by atoms with E-state index in [0.717, 1.165) is 4.31 Å². The van der Waals surface area contributed by atoms with Crippen LogP contribution in [0.3, 0.4) is 0 Å². The zero-order chi connectivity index (χ0) is 12.2. The van der Waals surface area contributed by atoms with Gasteiger partial charge in [-0.05, 0) is 6.42 Å². The van der Waals surface area contributed by atoms with Crippen LogP contribution in [-0.4, -0.2) is 40.2 Å². The van der Waals surface area contributed by atoms with Crippen molar-refractivity contribution >= 4 is 10.0 Å². The maximum atomic E-state index is 11.9. The van der Waals surface area contributed by atoms with Gasteiger partial charge in [0.05, 0.1) is 12.6 Å². The fourth-order valence-electron chi connectivity index (χ4n) is 1.19. The number of aromatic nitrogens is 3. The first-order chi connectivity index (χ1) is 7.52. The Hall–Kier alpha value is -1.46. The van der Waals surface area contributed by atoms with E-state index >= 15 is 0 Å². The van der Waals surface area contributed by atoms with E-state index in [0.29, 0.717) is 5.82 Å². The van der Waals surface area contributed by atoms with Crippen LogP contribution < -0.4 is 0 Å². The number of nitrogens with one attached hydrogen (secondary N) is 1. The third-order valence-corrected chi connectivity index (χ3v) is 4.30. The molecule has 8 heteroatoms. The van der Waals surface area contributed by atoms with Gasteiger partial charge in [-0.2, -0.15) is 14.7 Å². The Morgan fingerprint density at radius 1 is 1.69 bits per heavy atom. The molecule has 0 aliphatic heterocycles. The number of sulfonamides is 1. The number of nitrogens with zero attached hydrogens (tertiary/aromatic N) is 4. The first-order valence-electron chi connectivity index (χ1n) is 4.71. The van der Waals surface area contributed by atoms with Gasteiger partial charge >= 0.3 is 0 Å². The second-order valence-corrected chi connectivity index (χ2v) is 5.48. The first-order valence-corrected chi connectivity index (χ1v) is 6.21. The molecule has 1 N–H and O–H groups in total. The summed E-state index contributed by atoms with van der Waals surface area (Å²) in [7, 11) is -2.18. The molecule has 0 aromatic carbocycles. The minimum Gasteiger partial charge on any atom is -0.262 e. The Balaban J connectivity index is 2.81. The standard InChI is InChI=1S/C8H13N5O2S/c1-3-7(4-9)16(14,15)13(2)5-8-10-6-11-12-8/h6-7H,3,5H2,1-2H3,(H,10,11,12). The van der Waals surface area contributed by atoms with Gasteiger partial charge in [0.25, 0.3) is 0 Å². The van der Waals surface area contributed by atoms with Gasteiger partial charge in [0.2, 0.25) is 10.0 Å². The van der Waals surface area contributed by atoms with Gasteiger partial charge in [-0.15, -0.1) is 0 Å². The van der Waals surface area contributed by atoms with E-state index in [1.54, 1.807) is 13.0 Å². The smallest absolute Gasteiger partial charge is 0.230 e. The molecule has 0 saturated heterocycles. The SMILES string of the molecule is CCC(C#N)S(=O)(=O)N(C)Cc1ncn[nH]1. The predicted octanol–water partition coefficient (Wildman–Crippen LogP) is -0.132. The lowest BCUT2D eigenvalue weighted by atomic mass is 10.4. The highest BCUT2D eigenvalue weighted by atomic mass is 32.2. The van der Waals surface area contributed by atoms with Gasteiger partial charge in [0.1, 0.15) is 12.2 Å². The van der Waals surface area contributed by atoms with Gasteiger partial charge in [0.15, 0.2) is 5.25 Å². The third kappa shape index (κ3) is 2.56. The van der Waals surface area contributed by atoms with Crippen LogP contribution >= 0.6 is 0 Å². The molecule has 16 heavy (non-hydrogen) atoms. The molecule has 0 amide bonds. The van der Waals surface area contributed by atoms with Gasteiger partial charge < -0.3 is 0 Å². The quantitative estimate of drug-likeness (QED) is 0.775. The largest absolute Gasteiger partial charge is 0.262 e. The van der Waals surface area contributed by atoms with Gasteiger partial charge in [0, 0.05) is 7.05 Å². The van der Waals surface area contributed by atoms with Gasteiger partial charge in [-0.3, -0.25) is 5.10 Å². The van der Waals surface area contributed by atoms with E-state index in [4.69, 9.17) is 5.26 Å². The maximum Gasteiger partial charge on any atom is 0.230 e. The van der Waals surface area contributed by atoms with E-state index in [9.17, 15) is 8.42 Å². The van der Waals surface area contributed by atoms with Crippen molar-refractivity contribution in [3.63, 3.8) is 0 Å². The van der Waals surface area contributed by atoms with Crippen molar-refractivity contribution in [2.24, 2.45) is 0 Å². The van der Waals surface area contributed by atoms with Crippen LogP contribution in [0.5, 0.6) is 0 Å². The highest BCUT2D eigenvalue weighted by Crippen LogP contribution is 2.11. The Labute approximate surface area is 94.2 Å². The summed E-state index contributed by atoms with van der Waals surface area (Å²) >= 11 is 0. The Kier molecular flexibility index (Phi) is 3.98. The normalized spacial score (nSPS) is 13.6. The van der Waals surface area contributed by atoms with Crippen LogP contribution in [0.15, 0.2) is 6.33 Å². The van der Waals surface area contributed by atoms with Crippen LogP contribution in [0.2, 0.25) is 0 Å². The van der Waals surface area contributed by atoms with Crippen molar-refractivity contribution in [3.8, 4) is 6.07 Å². The summed E-state index contributed by atoms with van der Waals surface area (Å²) in [6, 6.07) is 1.78. The van der Waals surface area contributed by atoms with E-state index in [2.05, 4.69) is 15.2 Å². The maximum absolute atomic E-state index is 11.9. The average Bonchev–Trinajstić information content (AvgIpc) is 2.71. The molecule has 1 rings (SSSR count). The summed E-state index contributed by atoms with van der Waals surface area (Å²) < 4.78 is 24.8. The minimum atomic E-state index is -3.59. The highest BCUT2D eigenvalue weighted by Gasteiger charge is 2.28. The molecular weight excluding hydrogens is 230 g/mol. The second kappa shape index (κ2) is 5.05. The summed E-state index contributed by atoms with van der Waals surface area (Å²) in [4.78, 5) is 3.83. The first kappa shape index (κ1) is 12.6. The number of rotatable bonds is 5. The lowest BCUT2D eigenvalue weighted by molar-refractivity contribution is 0.451. The Bertz CT molecular complexity index is 461. The van der Waals surface area contributed by atoms with Crippen LogP contribution in [0.1, 0.15) is 19.2 Å². The van der Waals surface area contributed by atoms with E-state index in [1.165, 1.54) is 13.4 Å². The molecule has 88 valence electrons. The molecule has 0 saturated carbocycles. The molecule has 1 aromatic heterocycles. The summed E-state index contributed by atoms with van der Waals surface area (Å²) in [6.07, 6.45) is 1.57. The fraction of sp³-hybridized carbons (Fsp3) is 0.625. The summed E-state index contributed by atoms with van der Waals surface area (Å²) in [5.74, 6) is 0.443. The predicted molar refractivity (Wildman–Crippen MR) is 56.5 cm³/mol. The zero-order valence-electron chi connectivity index (χ0n) is 9.08. The topological polar surface area (TPSA) is 103 Å². The number of aromatic amines is 1. The molecule has 1 aromatic rings. The molecular formula is C8H13N5O2S. The molecule has 0 spiro atoms. The van der Waals surface area contributed by atoms with Gasteiger partial charge in [-0.1, -0.05) is 6.92 Å². The van der Waals surface area contributed by atoms with Crippen molar-refractivity contribution < 1.29 is 8.42 Å². The van der Waals surface area contributed by atoms with E-state index < -0.39 is 15.3 Å². The van der Waals surface area contributed by atoms with Crippen molar-refractivity contribution in [2.45, 2.75) is 25.1 Å². The minimum absolute atomic E-state index is 0.0838. The van der Waals surface area contributed by atoms with Crippen LogP contribution in [-0.2, 0) is 16.6 Å². The number of nitriles is 1. The molecule has 1 heterocycles. The number of H-pyrrole nitrogens is 1. The molecule has 1 atom stereocenters. The second-order valence-electron chi connectivity index (χ2n) is 3.26. The van der Waals surface area contributed by atoms with Gasteiger partial charge in [-0.25, -0.2) is 13.4 Å². The molecule has 0 radical (unpaired) electrons. The van der Waals surface area contributed by atoms with E-state index in [-0.39, 0.29) is 13.0 Å². The average molecular weight is 243 g/mol. The van der Waals surface area contributed by atoms with Crippen molar-refractivity contribution in [2.75, 3.05) is 7.05 Å². The molecule has 0 aliphatic carbocycles. The lowest BCUT2D eigenvalue weighted by Gasteiger charge is -2.18. The zero-order valence-corrected chi connectivity index (χ0v) is 9.90. The van der Waals surface area contributed by atoms with E-state index in [1.807, 2.05) is 0 Å².